The highest BCUT2D eigenvalue weighted by atomic mass is 35.5. The lowest BCUT2D eigenvalue weighted by Gasteiger charge is -2.35. The molecule has 2 aliphatic heterocycles. The van der Waals surface area contributed by atoms with Crippen molar-refractivity contribution in [2.75, 3.05) is 45.8 Å². The molecule has 9 heteroatoms. The fourth-order valence-electron chi connectivity index (χ4n) is 4.02. The first-order chi connectivity index (χ1) is 15.0. The summed E-state index contributed by atoms with van der Waals surface area (Å²) in [6.45, 7) is 4.81. The van der Waals surface area contributed by atoms with E-state index in [1.165, 1.54) is 24.2 Å². The second-order valence-electron chi connectivity index (χ2n) is 8.03. The van der Waals surface area contributed by atoms with Gasteiger partial charge in [0.1, 0.15) is 10.7 Å². The summed E-state index contributed by atoms with van der Waals surface area (Å²) in [7, 11) is 0. The zero-order chi connectivity index (χ0) is 21.8. The number of likely N-dealkylation sites (tertiary alicyclic amines) is 1. The summed E-state index contributed by atoms with van der Waals surface area (Å²) < 4.78 is 0. The van der Waals surface area contributed by atoms with Crippen molar-refractivity contribution in [3.05, 3.63) is 39.3 Å². The van der Waals surface area contributed by atoms with Crippen molar-refractivity contribution in [3.63, 3.8) is 0 Å². The van der Waals surface area contributed by atoms with Crippen molar-refractivity contribution in [1.29, 1.82) is 0 Å². The summed E-state index contributed by atoms with van der Waals surface area (Å²) in [4.78, 5) is 36.0. The number of carbonyl (C=O) groups excluding carboxylic acids is 2. The smallest absolute Gasteiger partial charge is 0.273 e. The summed E-state index contributed by atoms with van der Waals surface area (Å²) >= 11 is 13.5. The molecule has 2 aromatic rings. The molecule has 31 heavy (non-hydrogen) atoms. The van der Waals surface area contributed by atoms with Gasteiger partial charge in [0, 0.05) is 50.2 Å². The fraction of sp³-hybridized carbons (Fsp3) is 0.500. The molecule has 4 rings (SSSR count). The van der Waals surface area contributed by atoms with Crippen LogP contribution in [0, 0.1) is 0 Å². The van der Waals surface area contributed by atoms with E-state index in [1.807, 2.05) is 15.9 Å². The van der Waals surface area contributed by atoms with E-state index < -0.39 is 0 Å². The first-order valence-electron chi connectivity index (χ1n) is 10.7. The first kappa shape index (κ1) is 22.5. The first-order valence-corrected chi connectivity index (χ1v) is 12.3. The van der Waals surface area contributed by atoms with Gasteiger partial charge in [0.05, 0.1) is 16.6 Å². The Morgan fingerprint density at radius 2 is 1.61 bits per heavy atom. The van der Waals surface area contributed by atoms with E-state index in [2.05, 4.69) is 9.88 Å². The minimum atomic E-state index is -0.0685. The molecule has 166 valence electrons. The summed E-state index contributed by atoms with van der Waals surface area (Å²) in [6.07, 6.45) is 4.64. The minimum absolute atomic E-state index is 0.0685. The third-order valence-electron chi connectivity index (χ3n) is 5.87. The number of benzene rings is 1. The number of amides is 2. The van der Waals surface area contributed by atoms with E-state index in [4.69, 9.17) is 23.2 Å². The monoisotopic (exact) mass is 480 g/mol. The molecule has 3 heterocycles. The van der Waals surface area contributed by atoms with Crippen LogP contribution in [0.15, 0.2) is 23.6 Å². The van der Waals surface area contributed by atoms with Gasteiger partial charge in [-0.25, -0.2) is 4.98 Å². The second-order valence-corrected chi connectivity index (χ2v) is 9.70. The number of thiazole rings is 1. The van der Waals surface area contributed by atoms with Crippen LogP contribution < -0.4 is 0 Å². The maximum Gasteiger partial charge on any atom is 0.273 e. The topological polar surface area (TPSA) is 56.8 Å². The average molecular weight is 481 g/mol. The number of piperazine rings is 1. The Balaban J connectivity index is 1.30. The lowest BCUT2D eigenvalue weighted by atomic mass is 10.2. The Morgan fingerprint density at radius 1 is 0.903 bits per heavy atom. The Hall–Kier alpha value is -1.67. The number of nitrogens with zero attached hydrogens (tertiary/aromatic N) is 4. The highest BCUT2D eigenvalue weighted by molar-refractivity contribution is 7.13. The van der Waals surface area contributed by atoms with Gasteiger partial charge in [-0.3, -0.25) is 14.5 Å². The van der Waals surface area contributed by atoms with Gasteiger partial charge in [-0.1, -0.05) is 42.1 Å². The van der Waals surface area contributed by atoms with Gasteiger partial charge in [-0.2, -0.15) is 0 Å². The highest BCUT2D eigenvalue weighted by Crippen LogP contribution is 2.30. The van der Waals surface area contributed by atoms with Crippen molar-refractivity contribution in [3.8, 4) is 10.6 Å². The van der Waals surface area contributed by atoms with Crippen molar-refractivity contribution in [2.24, 2.45) is 0 Å². The normalized spacial score (nSPS) is 18.1. The van der Waals surface area contributed by atoms with Crippen LogP contribution in [-0.4, -0.2) is 77.3 Å². The number of aromatic nitrogens is 1. The molecule has 0 unspecified atom stereocenters. The van der Waals surface area contributed by atoms with Crippen LogP contribution in [0.1, 0.15) is 36.2 Å². The number of carbonyl (C=O) groups is 2. The van der Waals surface area contributed by atoms with E-state index in [1.54, 1.807) is 17.5 Å². The van der Waals surface area contributed by atoms with Gasteiger partial charge in [-0.05, 0) is 25.0 Å². The highest BCUT2D eigenvalue weighted by Gasteiger charge is 2.26. The molecular weight excluding hydrogens is 455 g/mol. The van der Waals surface area contributed by atoms with Crippen LogP contribution in [0.4, 0.5) is 0 Å². The molecule has 0 N–H and O–H groups in total. The molecule has 2 saturated heterocycles. The van der Waals surface area contributed by atoms with Gasteiger partial charge >= 0.3 is 0 Å². The van der Waals surface area contributed by atoms with Crippen LogP contribution in [0.25, 0.3) is 10.6 Å². The predicted octanol–water partition coefficient (Wildman–Crippen LogP) is 4.28. The third-order valence-corrected chi connectivity index (χ3v) is 7.50. The van der Waals surface area contributed by atoms with Crippen molar-refractivity contribution < 1.29 is 9.59 Å². The van der Waals surface area contributed by atoms with Gasteiger partial charge < -0.3 is 9.80 Å². The van der Waals surface area contributed by atoms with Crippen molar-refractivity contribution >= 4 is 46.4 Å². The molecule has 0 saturated carbocycles. The number of hydrogen-bond acceptors (Lipinski definition) is 5. The van der Waals surface area contributed by atoms with E-state index in [0.29, 0.717) is 48.5 Å². The number of hydrogen-bond donors (Lipinski definition) is 0. The molecule has 2 amide bonds. The maximum absolute atomic E-state index is 12.9. The van der Waals surface area contributed by atoms with Crippen molar-refractivity contribution in [2.45, 2.75) is 25.7 Å². The van der Waals surface area contributed by atoms with E-state index >= 15 is 0 Å². The third kappa shape index (κ3) is 5.58. The van der Waals surface area contributed by atoms with Gasteiger partial charge in [0.2, 0.25) is 5.91 Å². The summed E-state index contributed by atoms with van der Waals surface area (Å²) in [5, 5.41) is 3.48. The molecule has 2 aliphatic rings. The lowest BCUT2D eigenvalue weighted by Crippen LogP contribution is -2.51. The number of rotatable bonds is 4. The van der Waals surface area contributed by atoms with Gasteiger partial charge in [-0.15, -0.1) is 11.3 Å². The lowest BCUT2D eigenvalue weighted by molar-refractivity contribution is -0.132. The Kier molecular flexibility index (Phi) is 7.48. The van der Waals surface area contributed by atoms with Crippen LogP contribution in [0.5, 0.6) is 0 Å². The van der Waals surface area contributed by atoms with E-state index in [0.717, 1.165) is 36.5 Å². The molecule has 1 aromatic carbocycles. The zero-order valence-electron chi connectivity index (χ0n) is 17.4. The molecular formula is C22H26Cl2N4O2S. The van der Waals surface area contributed by atoms with Crippen LogP contribution in [0.2, 0.25) is 10.0 Å². The largest absolute Gasteiger partial charge is 0.342 e. The standard InChI is InChI=1S/C22H26Cl2N4O2S/c23-17-6-5-16(13-18(17)24)21-25-19(15-31-21)22(30)28-11-9-26(10-12-28)14-20(29)27-7-3-1-2-4-8-27/h5-6,13,15H,1-4,7-12,14H2. The summed E-state index contributed by atoms with van der Waals surface area (Å²) in [6, 6.07) is 5.34. The van der Waals surface area contributed by atoms with E-state index in [9.17, 15) is 9.59 Å². The molecule has 6 nitrogen and oxygen atoms in total. The maximum atomic E-state index is 12.9. The number of halogens is 2. The Bertz CT molecular complexity index is 935. The van der Waals surface area contributed by atoms with Crippen LogP contribution in [0.3, 0.4) is 0 Å². The molecule has 0 aliphatic carbocycles. The van der Waals surface area contributed by atoms with Gasteiger partial charge in [0.25, 0.3) is 5.91 Å². The molecule has 0 radical (unpaired) electrons. The Morgan fingerprint density at radius 3 is 2.29 bits per heavy atom. The predicted molar refractivity (Wildman–Crippen MR) is 125 cm³/mol. The molecule has 1 aromatic heterocycles. The molecule has 0 atom stereocenters. The quantitative estimate of drug-likeness (QED) is 0.655. The second kappa shape index (κ2) is 10.3. The summed E-state index contributed by atoms with van der Waals surface area (Å²) in [5.74, 6) is 0.147. The zero-order valence-corrected chi connectivity index (χ0v) is 19.7. The molecule has 0 spiro atoms. The van der Waals surface area contributed by atoms with E-state index in [-0.39, 0.29) is 11.8 Å². The molecule has 0 bridgehead atoms. The SMILES string of the molecule is O=C(CN1CCN(C(=O)c2csc(-c3ccc(Cl)c(Cl)c3)n2)CC1)N1CCCCCC1. The average Bonchev–Trinajstić information content (AvgIpc) is 3.10. The van der Waals surface area contributed by atoms with Crippen LogP contribution >= 0.6 is 34.5 Å². The molecule has 2 fully saturated rings. The summed E-state index contributed by atoms with van der Waals surface area (Å²) in [5.41, 5.74) is 1.29. The van der Waals surface area contributed by atoms with Gasteiger partial charge in [0.15, 0.2) is 0 Å². The fourth-order valence-corrected chi connectivity index (χ4v) is 5.11. The Labute approximate surface area is 196 Å². The minimum Gasteiger partial charge on any atom is -0.342 e. The van der Waals surface area contributed by atoms with Crippen LogP contribution in [-0.2, 0) is 4.79 Å². The van der Waals surface area contributed by atoms with Crippen molar-refractivity contribution in [1.82, 2.24) is 19.7 Å².